The minimum Gasteiger partial charge on any atom is -0.497 e. The molecule has 0 saturated carbocycles. The van der Waals surface area contributed by atoms with E-state index < -0.39 is 29.8 Å². The molecule has 4 rings (SSSR count). The van der Waals surface area contributed by atoms with Gasteiger partial charge in [-0.2, -0.15) is 0 Å². The molecular weight excluding hydrogens is 364 g/mol. The van der Waals surface area contributed by atoms with Crippen molar-refractivity contribution in [3.8, 4) is 5.75 Å². The number of nitrogens with zero attached hydrogens (tertiary/aromatic N) is 1. The molecule has 0 aromatic heterocycles. The van der Waals surface area contributed by atoms with Crippen LogP contribution >= 0.6 is 0 Å². The first-order valence-electron chi connectivity index (χ1n) is 9.19. The molecule has 150 valence electrons. The van der Waals surface area contributed by atoms with E-state index in [1.807, 2.05) is 36.4 Å². The van der Waals surface area contributed by atoms with Gasteiger partial charge in [0.1, 0.15) is 11.4 Å². The number of carbonyl (C=O) groups is 2. The van der Waals surface area contributed by atoms with Crippen LogP contribution < -0.4 is 15.0 Å². The SMILES string of the molecule is COc1ccc(N2C[C@@]34C=C[C@@H](O3)[C@@H](C(=O)NCC(OC)OC)[C@@H]4C2=O)cc1. The topological polar surface area (TPSA) is 86.3 Å². The summed E-state index contributed by atoms with van der Waals surface area (Å²) >= 11 is 0. The lowest BCUT2D eigenvalue weighted by molar-refractivity contribution is -0.135. The standard InChI is InChI=1S/C20H24N2O6/c1-25-13-6-4-12(5-7-13)22-11-20-9-8-14(28-20)16(17(20)19(22)24)18(23)21-10-15(26-2)27-3/h4-9,14-17H,10-11H2,1-3H3,(H,21,23)/t14-,16-,17-,20-/m1/s1. The van der Waals surface area contributed by atoms with E-state index in [9.17, 15) is 9.59 Å². The van der Waals surface area contributed by atoms with Crippen LogP contribution in [0.4, 0.5) is 5.69 Å². The third-order valence-electron chi connectivity index (χ3n) is 5.76. The third kappa shape index (κ3) is 2.88. The largest absolute Gasteiger partial charge is 0.497 e. The lowest BCUT2D eigenvalue weighted by Gasteiger charge is -2.24. The maximum atomic E-state index is 13.2. The zero-order valence-corrected chi connectivity index (χ0v) is 16.1. The van der Waals surface area contributed by atoms with E-state index in [2.05, 4.69) is 5.32 Å². The van der Waals surface area contributed by atoms with Crippen LogP contribution in [0.3, 0.4) is 0 Å². The number of hydrogen-bond acceptors (Lipinski definition) is 6. The fraction of sp³-hybridized carbons (Fsp3) is 0.500. The second kappa shape index (κ2) is 7.20. The van der Waals surface area contributed by atoms with Crippen molar-refractivity contribution in [1.82, 2.24) is 5.32 Å². The molecular formula is C20H24N2O6. The van der Waals surface area contributed by atoms with Crippen LogP contribution in [-0.2, 0) is 23.8 Å². The van der Waals surface area contributed by atoms with Gasteiger partial charge in [-0.15, -0.1) is 0 Å². The van der Waals surface area contributed by atoms with Gasteiger partial charge in [0.05, 0.1) is 38.1 Å². The Labute approximate surface area is 163 Å². The monoisotopic (exact) mass is 388 g/mol. The summed E-state index contributed by atoms with van der Waals surface area (Å²) in [5, 5.41) is 2.82. The Hall–Kier alpha value is -2.42. The lowest BCUT2D eigenvalue weighted by atomic mass is 9.77. The van der Waals surface area contributed by atoms with Crippen molar-refractivity contribution in [3.63, 3.8) is 0 Å². The van der Waals surface area contributed by atoms with Gasteiger partial charge >= 0.3 is 0 Å². The first-order chi connectivity index (χ1) is 13.5. The fourth-order valence-electron chi connectivity index (χ4n) is 4.34. The number of amides is 2. The van der Waals surface area contributed by atoms with Crippen molar-refractivity contribution < 1.29 is 28.5 Å². The molecule has 0 aliphatic carbocycles. The molecule has 3 aliphatic heterocycles. The molecule has 0 radical (unpaired) electrons. The van der Waals surface area contributed by atoms with Gasteiger partial charge in [0, 0.05) is 19.9 Å². The number of methoxy groups -OCH3 is 3. The van der Waals surface area contributed by atoms with E-state index in [1.165, 1.54) is 14.2 Å². The molecule has 3 aliphatic rings. The number of carbonyl (C=O) groups excluding carboxylic acids is 2. The highest BCUT2D eigenvalue weighted by Crippen LogP contribution is 2.52. The van der Waals surface area contributed by atoms with Gasteiger partial charge < -0.3 is 29.2 Å². The van der Waals surface area contributed by atoms with E-state index >= 15 is 0 Å². The van der Waals surface area contributed by atoms with Crippen LogP contribution in [0.2, 0.25) is 0 Å². The van der Waals surface area contributed by atoms with Crippen molar-refractivity contribution in [3.05, 3.63) is 36.4 Å². The van der Waals surface area contributed by atoms with E-state index in [0.717, 1.165) is 5.69 Å². The molecule has 2 fully saturated rings. The molecule has 1 aromatic carbocycles. The van der Waals surface area contributed by atoms with Crippen molar-refractivity contribution >= 4 is 17.5 Å². The zero-order chi connectivity index (χ0) is 19.9. The minimum absolute atomic E-state index is 0.104. The van der Waals surface area contributed by atoms with Crippen LogP contribution in [0.15, 0.2) is 36.4 Å². The highest BCUT2D eigenvalue weighted by atomic mass is 16.7. The molecule has 1 spiro atoms. The highest BCUT2D eigenvalue weighted by Gasteiger charge is 2.67. The Bertz CT molecular complexity index is 790. The molecule has 1 N–H and O–H groups in total. The molecule has 1 aromatic rings. The van der Waals surface area contributed by atoms with Crippen molar-refractivity contribution in [2.45, 2.75) is 18.0 Å². The van der Waals surface area contributed by atoms with Gasteiger partial charge in [-0.1, -0.05) is 12.2 Å². The highest BCUT2D eigenvalue weighted by molar-refractivity contribution is 6.03. The summed E-state index contributed by atoms with van der Waals surface area (Å²) < 4.78 is 21.5. The summed E-state index contributed by atoms with van der Waals surface area (Å²) in [5.41, 5.74) is -0.000915. The number of nitrogens with one attached hydrogen (secondary N) is 1. The van der Waals surface area contributed by atoms with Gasteiger partial charge in [0.15, 0.2) is 6.29 Å². The number of hydrogen-bond donors (Lipinski definition) is 1. The second-order valence-electron chi connectivity index (χ2n) is 7.17. The van der Waals surface area contributed by atoms with Crippen LogP contribution in [0.25, 0.3) is 0 Å². The number of fused-ring (bicyclic) bond motifs is 1. The second-order valence-corrected chi connectivity index (χ2v) is 7.17. The van der Waals surface area contributed by atoms with E-state index in [0.29, 0.717) is 12.3 Å². The zero-order valence-electron chi connectivity index (χ0n) is 16.1. The molecule has 2 saturated heterocycles. The minimum atomic E-state index is -0.758. The number of benzene rings is 1. The Morgan fingerprint density at radius 1 is 1.29 bits per heavy atom. The van der Waals surface area contributed by atoms with E-state index in [-0.39, 0.29) is 18.4 Å². The predicted molar refractivity (Wildman–Crippen MR) is 99.9 cm³/mol. The molecule has 28 heavy (non-hydrogen) atoms. The summed E-state index contributed by atoms with van der Waals surface area (Å²) in [6.45, 7) is 0.591. The van der Waals surface area contributed by atoms with Crippen LogP contribution in [0.5, 0.6) is 5.75 Å². The maximum absolute atomic E-state index is 13.2. The van der Waals surface area contributed by atoms with Crippen molar-refractivity contribution in [2.75, 3.05) is 39.3 Å². The van der Waals surface area contributed by atoms with Crippen molar-refractivity contribution in [2.24, 2.45) is 11.8 Å². The first-order valence-corrected chi connectivity index (χ1v) is 9.19. The Morgan fingerprint density at radius 3 is 2.64 bits per heavy atom. The maximum Gasteiger partial charge on any atom is 0.234 e. The van der Waals surface area contributed by atoms with Crippen molar-refractivity contribution in [1.29, 1.82) is 0 Å². The van der Waals surface area contributed by atoms with Gasteiger partial charge in [0.25, 0.3) is 0 Å². The van der Waals surface area contributed by atoms with Crippen LogP contribution in [0.1, 0.15) is 0 Å². The fourth-order valence-corrected chi connectivity index (χ4v) is 4.34. The normalized spacial score (nSPS) is 30.2. The van der Waals surface area contributed by atoms with Crippen LogP contribution in [-0.4, -0.2) is 64.2 Å². The quantitative estimate of drug-likeness (QED) is 0.547. The summed E-state index contributed by atoms with van der Waals surface area (Å²) in [5.74, 6) is -0.741. The van der Waals surface area contributed by atoms with Gasteiger partial charge in [0.2, 0.25) is 11.8 Å². The average Bonchev–Trinajstić information content (AvgIpc) is 3.37. The Morgan fingerprint density at radius 2 is 2.00 bits per heavy atom. The van der Waals surface area contributed by atoms with Gasteiger partial charge in [-0.05, 0) is 24.3 Å². The van der Waals surface area contributed by atoms with E-state index in [1.54, 1.807) is 12.0 Å². The smallest absolute Gasteiger partial charge is 0.234 e. The molecule has 2 bridgehead atoms. The molecule has 8 nitrogen and oxygen atoms in total. The summed E-state index contributed by atoms with van der Waals surface area (Å²) in [7, 11) is 4.61. The molecule has 3 heterocycles. The summed E-state index contributed by atoms with van der Waals surface area (Å²) in [4.78, 5) is 27.8. The van der Waals surface area contributed by atoms with E-state index in [4.69, 9.17) is 18.9 Å². The average molecular weight is 388 g/mol. The number of anilines is 1. The number of rotatable bonds is 7. The molecule has 0 unspecified atom stereocenters. The summed E-state index contributed by atoms with van der Waals surface area (Å²) in [6.07, 6.45) is 2.88. The molecule has 4 atom stereocenters. The molecule has 2 amide bonds. The number of ether oxygens (including phenoxy) is 4. The van der Waals surface area contributed by atoms with Crippen LogP contribution in [0, 0.1) is 11.8 Å². The first kappa shape index (κ1) is 18.9. The summed E-state index contributed by atoms with van der Waals surface area (Å²) in [6, 6.07) is 7.29. The Balaban J connectivity index is 1.54. The Kier molecular flexibility index (Phi) is 4.86. The lowest BCUT2D eigenvalue weighted by Crippen LogP contribution is -2.46. The molecule has 8 heteroatoms. The third-order valence-corrected chi connectivity index (χ3v) is 5.76. The van der Waals surface area contributed by atoms with Gasteiger partial charge in [-0.25, -0.2) is 0 Å². The van der Waals surface area contributed by atoms with Gasteiger partial charge in [-0.3, -0.25) is 9.59 Å². The predicted octanol–water partition coefficient (Wildman–Crippen LogP) is 0.717.